The molecule has 1 fully saturated rings. The summed E-state index contributed by atoms with van der Waals surface area (Å²) in [5.41, 5.74) is 6.81. The van der Waals surface area contributed by atoms with E-state index in [1.165, 1.54) is 20.3 Å². The summed E-state index contributed by atoms with van der Waals surface area (Å²) in [6.07, 6.45) is 4.82. The highest BCUT2D eigenvalue weighted by molar-refractivity contribution is 6.43. The highest BCUT2D eigenvalue weighted by Crippen LogP contribution is 2.42. The maximum atomic E-state index is 13.8. The summed E-state index contributed by atoms with van der Waals surface area (Å²) >= 11 is 0. The second kappa shape index (κ2) is 19.4. The lowest BCUT2D eigenvalue weighted by atomic mass is 9.66. The second-order valence-corrected chi connectivity index (χ2v) is 14.5. The number of hydrogen-bond donors (Lipinski definition) is 5. The van der Waals surface area contributed by atoms with Crippen LogP contribution in [0.3, 0.4) is 0 Å². The van der Waals surface area contributed by atoms with Crippen molar-refractivity contribution >= 4 is 34.9 Å². The molecular formula is C41H60N6O6. The molecule has 1 saturated carbocycles. The van der Waals surface area contributed by atoms with Crippen LogP contribution < -0.4 is 25.8 Å². The quantitative estimate of drug-likeness (QED) is 0.0860. The van der Waals surface area contributed by atoms with Crippen LogP contribution in [0.1, 0.15) is 87.2 Å². The first-order chi connectivity index (χ1) is 25.1. The van der Waals surface area contributed by atoms with E-state index in [0.717, 1.165) is 24.9 Å². The summed E-state index contributed by atoms with van der Waals surface area (Å²) in [6.45, 7) is 14.5. The minimum atomic E-state index is -1.71. The number of carboxylic acids is 1. The lowest BCUT2D eigenvalue weighted by Gasteiger charge is -2.44. The van der Waals surface area contributed by atoms with Crippen LogP contribution in [0.15, 0.2) is 54.6 Å². The minimum Gasteiger partial charge on any atom is -0.496 e. The van der Waals surface area contributed by atoms with E-state index in [1.807, 2.05) is 45.0 Å². The number of ether oxygens (including phenoxy) is 2. The third-order valence-electron chi connectivity index (χ3n) is 10.1. The number of nitrogens with one attached hydrogen (secondary N) is 3. The molecular weight excluding hydrogens is 672 g/mol. The van der Waals surface area contributed by atoms with Gasteiger partial charge in [-0.2, -0.15) is 0 Å². The fraction of sp³-hybridized carbons (Fsp3) is 0.512. The number of nitrogens with zero attached hydrogens (tertiary/aromatic N) is 2. The lowest BCUT2D eigenvalue weighted by molar-refractivity contribution is -0.148. The fourth-order valence-electron chi connectivity index (χ4n) is 7.09. The third-order valence-corrected chi connectivity index (χ3v) is 10.1. The van der Waals surface area contributed by atoms with E-state index in [9.17, 15) is 19.5 Å². The first-order valence-electron chi connectivity index (χ1n) is 18.5. The van der Waals surface area contributed by atoms with Gasteiger partial charge in [0.25, 0.3) is 11.8 Å². The molecule has 0 radical (unpaired) electrons. The predicted molar refractivity (Wildman–Crippen MR) is 212 cm³/mol. The number of hydrogen-bond acceptors (Lipinski definition) is 9. The Morgan fingerprint density at radius 1 is 1.09 bits per heavy atom. The SMILES string of the molecule is C=C1CC(CC)CC(C)C1(NC(=O)C(=N)/C=C(\Nc1ccc(C(=O)N(CCCN)CCCN(C)C)cc1C(C)C)c1c(OC)cccc1OC)C(=O)O. The van der Waals surface area contributed by atoms with Crippen molar-refractivity contribution in [2.24, 2.45) is 17.6 Å². The van der Waals surface area contributed by atoms with E-state index in [1.54, 1.807) is 31.2 Å². The number of carbonyl (C=O) groups excluding carboxylic acids is 2. The first-order valence-corrected chi connectivity index (χ1v) is 18.5. The predicted octanol–water partition coefficient (Wildman–Crippen LogP) is 5.99. The highest BCUT2D eigenvalue weighted by atomic mass is 16.5. The van der Waals surface area contributed by atoms with E-state index < -0.39 is 29.0 Å². The molecule has 2 aromatic carbocycles. The van der Waals surface area contributed by atoms with Gasteiger partial charge in [0, 0.05) is 24.3 Å². The van der Waals surface area contributed by atoms with Crippen LogP contribution in [-0.4, -0.2) is 98.4 Å². The molecule has 290 valence electrons. The van der Waals surface area contributed by atoms with Gasteiger partial charge in [-0.3, -0.25) is 15.0 Å². The molecule has 53 heavy (non-hydrogen) atoms. The maximum absolute atomic E-state index is 13.8. The monoisotopic (exact) mass is 732 g/mol. The van der Waals surface area contributed by atoms with E-state index in [4.69, 9.17) is 20.6 Å². The number of nitrogens with two attached hydrogens (primary N) is 1. The molecule has 2 aromatic rings. The Bertz CT molecular complexity index is 1650. The zero-order valence-electron chi connectivity index (χ0n) is 32.8. The Balaban J connectivity index is 2.09. The number of aliphatic carboxylic acids is 1. The Labute approximate surface area is 315 Å². The van der Waals surface area contributed by atoms with Crippen molar-refractivity contribution < 1.29 is 29.0 Å². The van der Waals surface area contributed by atoms with Gasteiger partial charge in [-0.15, -0.1) is 0 Å². The number of amides is 2. The van der Waals surface area contributed by atoms with Crippen LogP contribution >= 0.6 is 0 Å². The van der Waals surface area contributed by atoms with Crippen molar-refractivity contribution in [1.82, 2.24) is 15.1 Å². The van der Waals surface area contributed by atoms with E-state index >= 15 is 0 Å². The minimum absolute atomic E-state index is 0.0266. The molecule has 12 heteroatoms. The van der Waals surface area contributed by atoms with Crippen LogP contribution in [0.4, 0.5) is 5.69 Å². The molecule has 0 bridgehead atoms. The number of rotatable bonds is 19. The number of carboxylic acid groups (broad SMARTS) is 1. The highest BCUT2D eigenvalue weighted by Gasteiger charge is 2.51. The molecule has 0 aromatic heterocycles. The van der Waals surface area contributed by atoms with Crippen molar-refractivity contribution in [3.8, 4) is 11.5 Å². The summed E-state index contributed by atoms with van der Waals surface area (Å²) in [4.78, 5) is 44.4. The number of carbonyl (C=O) groups is 3. The molecule has 3 rings (SSSR count). The summed E-state index contributed by atoms with van der Waals surface area (Å²) < 4.78 is 11.4. The Morgan fingerprint density at radius 3 is 2.26 bits per heavy atom. The van der Waals surface area contributed by atoms with E-state index in [0.29, 0.717) is 78.5 Å². The summed E-state index contributed by atoms with van der Waals surface area (Å²) in [5.74, 6) is -1.50. The maximum Gasteiger partial charge on any atom is 0.334 e. The average Bonchev–Trinajstić information content (AvgIpc) is 3.12. The second-order valence-electron chi connectivity index (χ2n) is 14.5. The number of anilines is 1. The lowest BCUT2D eigenvalue weighted by Crippen LogP contribution is -2.63. The van der Waals surface area contributed by atoms with Gasteiger partial charge in [0.05, 0.1) is 25.5 Å². The number of benzene rings is 2. The number of methoxy groups -OCH3 is 2. The van der Waals surface area contributed by atoms with Gasteiger partial charge in [0.2, 0.25) is 0 Å². The zero-order valence-corrected chi connectivity index (χ0v) is 32.8. The smallest absolute Gasteiger partial charge is 0.334 e. The molecule has 0 spiro atoms. The van der Waals surface area contributed by atoms with Gasteiger partial charge >= 0.3 is 5.97 Å². The van der Waals surface area contributed by atoms with Gasteiger partial charge in [-0.05, 0) is 118 Å². The molecule has 1 aliphatic carbocycles. The molecule has 6 N–H and O–H groups in total. The molecule has 3 unspecified atom stereocenters. The van der Waals surface area contributed by atoms with Crippen LogP contribution in [0.25, 0.3) is 5.70 Å². The molecule has 0 aliphatic heterocycles. The Kier molecular flexibility index (Phi) is 15.7. The fourth-order valence-corrected chi connectivity index (χ4v) is 7.09. The van der Waals surface area contributed by atoms with Crippen LogP contribution in [0, 0.1) is 17.2 Å². The van der Waals surface area contributed by atoms with Crippen molar-refractivity contribution in [3.63, 3.8) is 0 Å². The molecule has 0 saturated heterocycles. The average molecular weight is 733 g/mol. The summed E-state index contributed by atoms with van der Waals surface area (Å²) in [7, 11) is 7.04. The largest absolute Gasteiger partial charge is 0.496 e. The molecule has 0 heterocycles. The van der Waals surface area contributed by atoms with Crippen molar-refractivity contribution in [1.29, 1.82) is 5.41 Å². The van der Waals surface area contributed by atoms with Gasteiger partial charge in [0.15, 0.2) is 5.54 Å². The van der Waals surface area contributed by atoms with Gasteiger partial charge < -0.3 is 40.7 Å². The van der Waals surface area contributed by atoms with Gasteiger partial charge in [0.1, 0.15) is 17.2 Å². The molecule has 1 aliphatic rings. The van der Waals surface area contributed by atoms with Crippen molar-refractivity contribution in [2.45, 2.75) is 71.3 Å². The van der Waals surface area contributed by atoms with Gasteiger partial charge in [-0.1, -0.05) is 46.8 Å². The van der Waals surface area contributed by atoms with E-state index in [-0.39, 0.29) is 17.7 Å². The summed E-state index contributed by atoms with van der Waals surface area (Å²) in [5, 5.41) is 25.5. The van der Waals surface area contributed by atoms with Gasteiger partial charge in [-0.25, -0.2) is 4.79 Å². The van der Waals surface area contributed by atoms with Crippen LogP contribution in [0.2, 0.25) is 0 Å². The zero-order chi connectivity index (χ0) is 39.5. The Hall–Kier alpha value is -4.68. The van der Waals surface area contributed by atoms with Crippen molar-refractivity contribution in [3.05, 3.63) is 71.3 Å². The van der Waals surface area contributed by atoms with Crippen molar-refractivity contribution in [2.75, 3.05) is 59.8 Å². The third kappa shape index (κ3) is 10.3. The van der Waals surface area contributed by atoms with E-state index in [2.05, 4.69) is 29.0 Å². The topological polar surface area (TPSA) is 170 Å². The standard InChI is InChI=1S/C41H60N6O6/c1-10-29-22-27(4)41(40(50)51,28(5)23-29)45-38(48)32(43)25-34(37-35(52-8)14-11-15-36(37)53-9)44-33-17-16-30(24-31(33)26(2)3)39(49)47(20-12-18-42)21-13-19-46(6)7/h11,14-17,24-26,28-29,43-44H,4,10,12-13,18-23,42H2,1-3,5-9H3,(H,45,48)(H,50,51)/b34-25-,43-32?. The normalized spacial score (nSPS) is 18.8. The summed E-state index contributed by atoms with van der Waals surface area (Å²) in [6, 6.07) is 10.7. The molecule has 3 atom stereocenters. The Morgan fingerprint density at radius 2 is 1.74 bits per heavy atom. The molecule has 2 amide bonds. The first kappa shape index (κ1) is 42.7. The van der Waals surface area contributed by atoms with Crippen LogP contribution in [-0.2, 0) is 9.59 Å². The molecule has 12 nitrogen and oxygen atoms in total. The van der Waals surface area contributed by atoms with Crippen LogP contribution in [0.5, 0.6) is 11.5 Å².